The Morgan fingerprint density at radius 3 is 2.42 bits per heavy atom. The highest BCUT2D eigenvalue weighted by molar-refractivity contribution is 8.23. The van der Waals surface area contributed by atoms with Crippen LogP contribution in [0.25, 0.3) is 0 Å². The fraction of sp³-hybridized carbons (Fsp3) is 0. The predicted octanol–water partition coefficient (Wildman–Crippen LogP) is 4.57. The summed E-state index contributed by atoms with van der Waals surface area (Å²) in [6.07, 6.45) is 0. The number of aromatic hydroxyl groups is 1. The molecule has 0 amide bonds. The zero-order valence-corrected chi connectivity index (χ0v) is 18.0. The average Bonchev–Trinajstić information content (AvgIpc) is 2.69. The molecule has 0 aliphatic carbocycles. The maximum absolute atomic E-state index is 12.5. The van der Waals surface area contributed by atoms with Crippen LogP contribution in [-0.2, 0) is 10.0 Å². The van der Waals surface area contributed by atoms with E-state index < -0.39 is 20.8 Å². The Labute approximate surface area is 185 Å². The summed E-state index contributed by atoms with van der Waals surface area (Å²) in [6, 6.07) is 16.8. The molecular weight excluding hydrogens is 464 g/mol. The molecule has 12 heteroatoms. The van der Waals surface area contributed by atoms with Gasteiger partial charge in [0.05, 0.1) is 10.6 Å². The first-order valence-electron chi connectivity index (χ1n) is 8.76. The number of nitrogens with zero attached hydrogens (tertiary/aromatic N) is 1. The number of benzene rings is 3. The van der Waals surface area contributed by atoms with Gasteiger partial charge < -0.3 is 10.4 Å². The summed E-state index contributed by atoms with van der Waals surface area (Å²) in [7, 11) is -7.31. The summed E-state index contributed by atoms with van der Waals surface area (Å²) in [4.78, 5) is 4.26. The lowest BCUT2D eigenvalue weighted by molar-refractivity contribution is 0.465. The molecule has 0 fully saturated rings. The predicted molar refractivity (Wildman–Crippen MR) is 122 cm³/mol. The van der Waals surface area contributed by atoms with Gasteiger partial charge >= 0.3 is 0 Å². The number of hydrogen-bond donors (Lipinski definition) is 6. The van der Waals surface area contributed by atoms with E-state index in [-0.39, 0.29) is 37.9 Å². The van der Waals surface area contributed by atoms with Crippen molar-refractivity contribution >= 4 is 55.4 Å². The Hall–Kier alpha value is -2.96. The topological polar surface area (TPSA) is 143 Å². The molecule has 0 aromatic heterocycles. The molecule has 0 radical (unpaired) electrons. The molecule has 0 atom stereocenters. The lowest BCUT2D eigenvalue weighted by Gasteiger charge is -2.37. The standard InChI is InChI=1S/C19H17ClN4O5S2/c20-12-9-16(25)18-17(10-12)31(28,29)24-19(22-18)21-13-5-4-6-14(11-13)23-30(26,27)15-7-2-1-3-8-15/h1-11,23,25,28-29H,(H2,21,22,24). The van der Waals surface area contributed by atoms with Crippen molar-refractivity contribution in [1.82, 2.24) is 4.72 Å². The average molecular weight is 481 g/mol. The number of halogens is 1. The van der Waals surface area contributed by atoms with Gasteiger partial charge in [-0.1, -0.05) is 46.6 Å². The zero-order valence-electron chi connectivity index (χ0n) is 15.7. The number of aliphatic imine (C=N–C) groups is 1. The van der Waals surface area contributed by atoms with E-state index in [9.17, 15) is 22.6 Å². The Kier molecular flexibility index (Phi) is 5.45. The van der Waals surface area contributed by atoms with E-state index in [1.54, 1.807) is 36.4 Å². The fourth-order valence-corrected chi connectivity index (χ4v) is 5.41. The van der Waals surface area contributed by atoms with Crippen LogP contribution in [0.5, 0.6) is 5.75 Å². The van der Waals surface area contributed by atoms with E-state index in [1.165, 1.54) is 30.3 Å². The molecule has 1 aliphatic heterocycles. The summed E-state index contributed by atoms with van der Waals surface area (Å²) in [5.74, 6) is -0.360. The number of phenols is 1. The van der Waals surface area contributed by atoms with Crippen LogP contribution in [0.2, 0.25) is 5.02 Å². The minimum Gasteiger partial charge on any atom is -0.506 e. The molecule has 9 nitrogen and oxygen atoms in total. The van der Waals surface area contributed by atoms with E-state index in [1.807, 2.05) is 0 Å². The number of anilines is 2. The summed E-state index contributed by atoms with van der Waals surface area (Å²) >= 11 is 5.87. The van der Waals surface area contributed by atoms with E-state index in [2.05, 4.69) is 19.8 Å². The molecule has 0 spiro atoms. The van der Waals surface area contributed by atoms with Gasteiger partial charge in [0, 0.05) is 16.8 Å². The highest BCUT2D eigenvalue weighted by Gasteiger charge is 2.29. The Morgan fingerprint density at radius 2 is 1.68 bits per heavy atom. The van der Waals surface area contributed by atoms with E-state index >= 15 is 0 Å². The second kappa shape index (κ2) is 7.94. The van der Waals surface area contributed by atoms with Crippen molar-refractivity contribution in [1.29, 1.82) is 0 Å². The van der Waals surface area contributed by atoms with Crippen LogP contribution < -0.4 is 14.8 Å². The third kappa shape index (κ3) is 4.55. The minimum atomic E-state index is -3.78. The third-order valence-corrected chi connectivity index (χ3v) is 7.24. The van der Waals surface area contributed by atoms with Crippen molar-refractivity contribution in [3.63, 3.8) is 0 Å². The highest BCUT2D eigenvalue weighted by atomic mass is 35.5. The van der Waals surface area contributed by atoms with E-state index in [4.69, 9.17) is 11.6 Å². The second-order valence-electron chi connectivity index (χ2n) is 6.51. The zero-order chi connectivity index (χ0) is 22.2. The smallest absolute Gasteiger partial charge is 0.261 e. The molecule has 0 saturated carbocycles. The Balaban J connectivity index is 1.60. The van der Waals surface area contributed by atoms with Gasteiger partial charge in [-0.05, 0) is 36.4 Å². The second-order valence-corrected chi connectivity index (χ2v) is 10.4. The molecule has 1 aliphatic rings. The Bertz CT molecular complexity index is 1280. The fourth-order valence-electron chi connectivity index (χ4n) is 2.88. The van der Waals surface area contributed by atoms with Gasteiger partial charge in [0.2, 0.25) is 5.96 Å². The monoisotopic (exact) mass is 480 g/mol. The van der Waals surface area contributed by atoms with Crippen LogP contribution >= 0.6 is 22.4 Å². The van der Waals surface area contributed by atoms with Crippen LogP contribution in [0.4, 0.5) is 17.1 Å². The van der Waals surface area contributed by atoms with Gasteiger partial charge in [0.1, 0.15) is 16.3 Å². The van der Waals surface area contributed by atoms with Crippen molar-refractivity contribution in [2.45, 2.75) is 9.79 Å². The first-order valence-corrected chi connectivity index (χ1v) is 12.2. The van der Waals surface area contributed by atoms with Gasteiger partial charge in [-0.25, -0.2) is 18.1 Å². The van der Waals surface area contributed by atoms with Gasteiger partial charge in [0.15, 0.2) is 0 Å². The Morgan fingerprint density at radius 1 is 0.968 bits per heavy atom. The first-order chi connectivity index (χ1) is 14.6. The quantitative estimate of drug-likeness (QED) is 0.321. The molecule has 31 heavy (non-hydrogen) atoms. The number of nitrogens with one attached hydrogen (secondary N) is 3. The summed E-state index contributed by atoms with van der Waals surface area (Å²) in [5, 5.41) is 13.1. The SMILES string of the molecule is O=S(=O)(Nc1cccc(NC2=Nc3c(O)cc(Cl)cc3S(O)(O)N2)c1)c1ccccc1. The molecule has 0 bridgehead atoms. The molecule has 6 N–H and O–H groups in total. The van der Waals surface area contributed by atoms with Crippen LogP contribution in [0.1, 0.15) is 0 Å². The summed E-state index contributed by atoms with van der Waals surface area (Å²) in [5.41, 5.74) is 0.657. The molecule has 1 heterocycles. The van der Waals surface area contributed by atoms with Gasteiger partial charge in [-0.3, -0.25) is 13.8 Å². The molecular formula is C19H17ClN4O5S2. The van der Waals surface area contributed by atoms with Crippen LogP contribution in [0.15, 0.2) is 81.5 Å². The van der Waals surface area contributed by atoms with E-state index in [0.717, 1.165) is 0 Å². The van der Waals surface area contributed by atoms with Crippen molar-refractivity contribution in [2.75, 3.05) is 10.0 Å². The summed E-state index contributed by atoms with van der Waals surface area (Å²) in [6.45, 7) is 0. The van der Waals surface area contributed by atoms with E-state index in [0.29, 0.717) is 5.69 Å². The highest BCUT2D eigenvalue weighted by Crippen LogP contribution is 2.55. The summed E-state index contributed by atoms with van der Waals surface area (Å²) < 4.78 is 50.8. The number of sulfonamides is 1. The largest absolute Gasteiger partial charge is 0.506 e. The molecule has 0 saturated heterocycles. The number of guanidine groups is 1. The van der Waals surface area contributed by atoms with Gasteiger partial charge in [-0.15, -0.1) is 0 Å². The first kappa shape index (κ1) is 21.3. The van der Waals surface area contributed by atoms with Crippen molar-refractivity contribution in [3.8, 4) is 5.75 Å². The van der Waals surface area contributed by atoms with Crippen molar-refractivity contribution in [3.05, 3.63) is 71.8 Å². The maximum Gasteiger partial charge on any atom is 0.261 e. The number of phenolic OH excluding ortho intramolecular Hbond substituents is 1. The lowest BCUT2D eigenvalue weighted by atomic mass is 10.3. The molecule has 3 aromatic rings. The van der Waals surface area contributed by atoms with Crippen molar-refractivity contribution < 1.29 is 22.6 Å². The molecule has 0 unspecified atom stereocenters. The molecule has 162 valence electrons. The molecule has 4 rings (SSSR count). The third-order valence-electron chi connectivity index (χ3n) is 4.22. The van der Waals surface area contributed by atoms with Gasteiger partial charge in [-0.2, -0.15) is 0 Å². The van der Waals surface area contributed by atoms with Gasteiger partial charge in [0.25, 0.3) is 10.0 Å². The molecule has 3 aromatic carbocycles. The normalized spacial score (nSPS) is 15.8. The number of rotatable bonds is 4. The van der Waals surface area contributed by atoms with Crippen molar-refractivity contribution in [2.24, 2.45) is 4.99 Å². The van der Waals surface area contributed by atoms with Crippen LogP contribution in [-0.4, -0.2) is 28.6 Å². The maximum atomic E-state index is 12.5. The van der Waals surface area contributed by atoms with Crippen LogP contribution in [0.3, 0.4) is 0 Å². The van der Waals surface area contributed by atoms with Crippen LogP contribution in [0, 0.1) is 0 Å². The minimum absolute atomic E-state index is 0.0348. The number of hydrogen-bond acceptors (Lipinski definition) is 8. The number of fused-ring (bicyclic) bond motifs is 1. The lowest BCUT2D eigenvalue weighted by Crippen LogP contribution is -2.35.